The minimum atomic E-state index is -0.350. The van der Waals surface area contributed by atoms with Crippen molar-refractivity contribution in [3.05, 3.63) is 21.9 Å². The first-order valence-electron chi connectivity index (χ1n) is 6.47. The second-order valence-corrected chi connectivity index (χ2v) is 6.03. The summed E-state index contributed by atoms with van der Waals surface area (Å²) in [4.78, 5) is 12.2. The molecule has 1 amide bonds. The number of nitrogens with one attached hydrogen (secondary N) is 1. The largest absolute Gasteiger partial charge is 0.366 e. The number of primary amides is 1. The lowest BCUT2D eigenvalue weighted by atomic mass is 10.00. The summed E-state index contributed by atoms with van der Waals surface area (Å²) >= 11 is 1.58. The molecule has 0 aromatic carbocycles. The first kappa shape index (κ1) is 13.5. The molecule has 0 radical (unpaired) electrons. The van der Waals surface area contributed by atoms with E-state index in [0.29, 0.717) is 17.6 Å². The average molecular weight is 267 g/mol. The lowest BCUT2D eigenvalue weighted by Gasteiger charge is -2.39. The Morgan fingerprint density at radius 2 is 2.17 bits per heavy atom. The fraction of sp³-hybridized carbons (Fsp3) is 0.615. The number of carbonyl (C=O) groups excluding carboxylic acids is 1. The Bertz CT molecular complexity index is 408. The minimum absolute atomic E-state index is 0.350. The number of nitrogens with two attached hydrogens (primary N) is 1. The predicted molar refractivity (Wildman–Crippen MR) is 74.3 cm³/mol. The van der Waals surface area contributed by atoms with E-state index in [9.17, 15) is 4.79 Å². The fourth-order valence-corrected chi connectivity index (χ4v) is 3.31. The van der Waals surface area contributed by atoms with Crippen LogP contribution in [-0.4, -0.2) is 23.0 Å². The van der Waals surface area contributed by atoms with Crippen LogP contribution >= 0.6 is 11.3 Å². The summed E-state index contributed by atoms with van der Waals surface area (Å²) in [6.07, 6.45) is 3.80. The summed E-state index contributed by atoms with van der Waals surface area (Å²) in [5.41, 5.74) is 9.34. The maximum Gasteiger partial charge on any atom is 0.249 e. The molecule has 1 saturated heterocycles. The second-order valence-electron chi connectivity index (χ2n) is 5.04. The Labute approximate surface area is 112 Å². The Morgan fingerprint density at radius 3 is 2.72 bits per heavy atom. The molecule has 2 atom stereocenters. The van der Waals surface area contributed by atoms with E-state index in [2.05, 4.69) is 24.3 Å². The monoisotopic (exact) mass is 267 g/mol. The van der Waals surface area contributed by atoms with Crippen molar-refractivity contribution in [1.82, 2.24) is 10.4 Å². The first-order chi connectivity index (χ1) is 8.58. The van der Waals surface area contributed by atoms with Crippen LogP contribution in [0.5, 0.6) is 0 Å². The van der Waals surface area contributed by atoms with E-state index in [4.69, 9.17) is 5.73 Å². The van der Waals surface area contributed by atoms with Crippen molar-refractivity contribution >= 4 is 17.2 Å². The highest BCUT2D eigenvalue weighted by atomic mass is 32.1. The summed E-state index contributed by atoms with van der Waals surface area (Å²) in [7, 11) is 0. The zero-order valence-corrected chi connectivity index (χ0v) is 11.8. The number of hydrazine groups is 1. The Balaban J connectivity index is 1.91. The van der Waals surface area contributed by atoms with Crippen molar-refractivity contribution in [1.29, 1.82) is 0 Å². The molecule has 0 aliphatic carbocycles. The Hall–Kier alpha value is -0.910. The lowest BCUT2D eigenvalue weighted by Crippen LogP contribution is -2.51. The Morgan fingerprint density at radius 1 is 1.50 bits per heavy atom. The van der Waals surface area contributed by atoms with Crippen LogP contribution in [0.3, 0.4) is 0 Å². The number of amides is 1. The molecule has 5 heteroatoms. The number of hydrogen-bond acceptors (Lipinski definition) is 4. The highest BCUT2D eigenvalue weighted by Gasteiger charge is 2.24. The predicted octanol–water partition coefficient (Wildman–Crippen LogP) is 2.11. The van der Waals surface area contributed by atoms with E-state index in [-0.39, 0.29) is 5.91 Å². The van der Waals surface area contributed by atoms with Crippen molar-refractivity contribution in [2.45, 2.75) is 51.7 Å². The van der Waals surface area contributed by atoms with Gasteiger partial charge in [-0.05, 0) is 32.8 Å². The van der Waals surface area contributed by atoms with E-state index in [1.165, 1.54) is 19.3 Å². The van der Waals surface area contributed by atoms with Gasteiger partial charge in [0.05, 0.1) is 5.56 Å². The number of hydrogen-bond donors (Lipinski definition) is 2. The number of thiophene rings is 1. The van der Waals surface area contributed by atoms with Gasteiger partial charge in [-0.2, -0.15) is 0 Å². The van der Waals surface area contributed by atoms with Gasteiger partial charge >= 0.3 is 0 Å². The molecule has 1 aliphatic heterocycles. The van der Waals surface area contributed by atoms with Crippen LogP contribution in [0, 0.1) is 0 Å². The number of piperidine rings is 1. The number of nitrogens with zero attached hydrogens (tertiary/aromatic N) is 1. The fourth-order valence-electron chi connectivity index (χ4n) is 2.50. The van der Waals surface area contributed by atoms with Gasteiger partial charge in [0.25, 0.3) is 0 Å². The van der Waals surface area contributed by atoms with Gasteiger partial charge < -0.3 is 5.73 Å². The van der Waals surface area contributed by atoms with Crippen molar-refractivity contribution in [2.75, 3.05) is 0 Å². The third-order valence-electron chi connectivity index (χ3n) is 3.57. The molecule has 2 heterocycles. The molecule has 0 bridgehead atoms. The summed E-state index contributed by atoms with van der Waals surface area (Å²) in [6, 6.07) is 3.02. The van der Waals surface area contributed by atoms with Gasteiger partial charge in [0.2, 0.25) is 5.91 Å². The summed E-state index contributed by atoms with van der Waals surface area (Å²) in [5, 5.41) is 4.16. The number of rotatable bonds is 4. The molecule has 0 spiro atoms. The Kier molecular flexibility index (Phi) is 4.37. The zero-order valence-electron chi connectivity index (χ0n) is 11.0. The smallest absolute Gasteiger partial charge is 0.249 e. The lowest BCUT2D eigenvalue weighted by molar-refractivity contribution is 0.0439. The van der Waals surface area contributed by atoms with E-state index >= 15 is 0 Å². The van der Waals surface area contributed by atoms with Gasteiger partial charge in [-0.15, -0.1) is 11.3 Å². The third kappa shape index (κ3) is 3.10. The van der Waals surface area contributed by atoms with Crippen LogP contribution in [0.2, 0.25) is 0 Å². The molecule has 1 fully saturated rings. The van der Waals surface area contributed by atoms with E-state index in [1.54, 1.807) is 11.3 Å². The second kappa shape index (κ2) is 5.82. The molecule has 0 saturated carbocycles. The maximum absolute atomic E-state index is 11.0. The van der Waals surface area contributed by atoms with Crippen molar-refractivity contribution < 1.29 is 4.79 Å². The standard InChI is InChI=1S/C13H21N3OS/c1-9-4-3-5-10(2)16(9)15-7-12-6-11(8-18-12)13(14)17/h6,8-10,15H,3-5,7H2,1-2H3,(H2,14,17). The molecule has 2 unspecified atom stereocenters. The van der Waals surface area contributed by atoms with Crippen molar-refractivity contribution in [3.8, 4) is 0 Å². The summed E-state index contributed by atoms with van der Waals surface area (Å²) < 4.78 is 0. The highest BCUT2D eigenvalue weighted by Crippen LogP contribution is 2.21. The van der Waals surface area contributed by atoms with Crippen molar-refractivity contribution in [2.24, 2.45) is 5.73 Å². The maximum atomic E-state index is 11.0. The normalized spacial score (nSPS) is 25.2. The van der Waals surface area contributed by atoms with Crippen LogP contribution in [0.4, 0.5) is 0 Å². The summed E-state index contributed by atoms with van der Waals surface area (Å²) in [5.74, 6) is -0.350. The van der Waals surface area contributed by atoms with Gasteiger partial charge in [0.1, 0.15) is 0 Å². The average Bonchev–Trinajstić information content (AvgIpc) is 2.77. The quantitative estimate of drug-likeness (QED) is 0.878. The van der Waals surface area contributed by atoms with Crippen LogP contribution < -0.4 is 11.2 Å². The molecular formula is C13H21N3OS. The van der Waals surface area contributed by atoms with Crippen LogP contribution in [0.25, 0.3) is 0 Å². The topological polar surface area (TPSA) is 58.4 Å². The number of carbonyl (C=O) groups is 1. The third-order valence-corrected chi connectivity index (χ3v) is 4.50. The van der Waals surface area contributed by atoms with Gasteiger partial charge in [-0.25, -0.2) is 10.4 Å². The van der Waals surface area contributed by atoms with E-state index in [0.717, 1.165) is 11.4 Å². The SMILES string of the molecule is CC1CCCC(C)N1NCc1cc(C(N)=O)cs1. The van der Waals surface area contributed by atoms with Gasteiger partial charge in [-0.1, -0.05) is 6.42 Å². The highest BCUT2D eigenvalue weighted by molar-refractivity contribution is 7.10. The molecule has 1 aromatic heterocycles. The molecule has 100 valence electrons. The van der Waals surface area contributed by atoms with E-state index < -0.39 is 0 Å². The van der Waals surface area contributed by atoms with Crippen LogP contribution in [-0.2, 0) is 6.54 Å². The minimum Gasteiger partial charge on any atom is -0.366 e. The van der Waals surface area contributed by atoms with Crippen molar-refractivity contribution in [3.63, 3.8) is 0 Å². The van der Waals surface area contributed by atoms with Gasteiger partial charge in [-0.3, -0.25) is 4.79 Å². The molecule has 3 N–H and O–H groups in total. The molecule has 18 heavy (non-hydrogen) atoms. The first-order valence-corrected chi connectivity index (χ1v) is 7.35. The molecule has 1 aromatic rings. The summed E-state index contributed by atoms with van der Waals surface area (Å²) in [6.45, 7) is 5.28. The molecule has 2 rings (SSSR count). The van der Waals surface area contributed by atoms with E-state index in [1.807, 2.05) is 11.4 Å². The van der Waals surface area contributed by atoms with Gasteiger partial charge in [0.15, 0.2) is 0 Å². The molecule has 4 nitrogen and oxygen atoms in total. The van der Waals surface area contributed by atoms with Crippen LogP contribution in [0.15, 0.2) is 11.4 Å². The zero-order chi connectivity index (χ0) is 13.1. The molecular weight excluding hydrogens is 246 g/mol. The van der Waals surface area contributed by atoms with Crippen LogP contribution in [0.1, 0.15) is 48.3 Å². The molecule has 1 aliphatic rings. The van der Waals surface area contributed by atoms with Gasteiger partial charge in [0, 0.05) is 28.9 Å².